The second-order valence-corrected chi connectivity index (χ2v) is 2.43. The molecular formula is C10H13F3. The fourth-order valence-electron chi connectivity index (χ4n) is 0.804. The molecule has 0 saturated heterocycles. The van der Waals surface area contributed by atoms with Gasteiger partial charge in [0.2, 0.25) is 0 Å². The summed E-state index contributed by atoms with van der Waals surface area (Å²) in [6.07, 6.45) is 0. The Morgan fingerprint density at radius 3 is 1.85 bits per heavy atom. The van der Waals surface area contributed by atoms with E-state index < -0.39 is 17.5 Å². The van der Waals surface area contributed by atoms with E-state index in [1.165, 1.54) is 13.8 Å². The quantitative estimate of drug-likeness (QED) is 0.546. The molecule has 1 aromatic rings. The van der Waals surface area contributed by atoms with Crippen molar-refractivity contribution >= 4 is 0 Å². The Bertz CT molecular complexity index is 266. The number of benzene rings is 1. The van der Waals surface area contributed by atoms with Crippen molar-refractivity contribution in [2.24, 2.45) is 0 Å². The molecule has 0 nitrogen and oxygen atoms in total. The molecular weight excluding hydrogens is 177 g/mol. The summed E-state index contributed by atoms with van der Waals surface area (Å²) in [5.74, 6) is -3.62. The van der Waals surface area contributed by atoms with Gasteiger partial charge in [-0.2, -0.15) is 0 Å². The summed E-state index contributed by atoms with van der Waals surface area (Å²) in [6, 6.07) is 0.980. The minimum absolute atomic E-state index is 0.156. The van der Waals surface area contributed by atoms with Gasteiger partial charge in [0.25, 0.3) is 0 Å². The van der Waals surface area contributed by atoms with Crippen LogP contribution >= 0.6 is 0 Å². The number of halogens is 3. The molecule has 0 spiro atoms. The number of hydrogen-bond acceptors (Lipinski definition) is 0. The van der Waals surface area contributed by atoms with Crippen molar-refractivity contribution in [1.82, 2.24) is 0 Å². The average molecular weight is 190 g/mol. The van der Waals surface area contributed by atoms with Crippen molar-refractivity contribution in [2.75, 3.05) is 0 Å². The highest BCUT2D eigenvalue weighted by Gasteiger charge is 2.12. The molecule has 0 atom stereocenters. The van der Waals surface area contributed by atoms with Crippen molar-refractivity contribution in [3.05, 3.63) is 34.6 Å². The molecule has 13 heavy (non-hydrogen) atoms. The lowest BCUT2D eigenvalue weighted by Crippen LogP contribution is -1.96. The second kappa shape index (κ2) is 4.90. The molecule has 0 fully saturated rings. The van der Waals surface area contributed by atoms with Gasteiger partial charge >= 0.3 is 0 Å². The maximum absolute atomic E-state index is 12.6. The largest absolute Gasteiger partial charge is 0.204 e. The van der Waals surface area contributed by atoms with Gasteiger partial charge < -0.3 is 0 Å². The molecule has 0 unspecified atom stereocenters. The van der Waals surface area contributed by atoms with E-state index in [0.29, 0.717) is 5.56 Å². The van der Waals surface area contributed by atoms with Crippen LogP contribution in [0.2, 0.25) is 0 Å². The zero-order chi connectivity index (χ0) is 10.6. The van der Waals surface area contributed by atoms with E-state index >= 15 is 0 Å². The number of hydrogen-bond donors (Lipinski definition) is 0. The van der Waals surface area contributed by atoms with Crippen LogP contribution in [0.4, 0.5) is 13.2 Å². The van der Waals surface area contributed by atoms with Gasteiger partial charge in [-0.25, -0.2) is 13.2 Å². The third kappa shape index (κ3) is 2.47. The van der Waals surface area contributed by atoms with E-state index in [1.807, 2.05) is 13.8 Å². The number of rotatable bonds is 0. The SMILES string of the molecule is CC.Cc1cc(F)c(F)c(F)c1C. The Morgan fingerprint density at radius 1 is 0.923 bits per heavy atom. The van der Waals surface area contributed by atoms with Crippen LogP contribution in [0.25, 0.3) is 0 Å². The predicted molar refractivity (Wildman–Crippen MR) is 47.1 cm³/mol. The third-order valence-corrected chi connectivity index (χ3v) is 1.67. The zero-order valence-corrected chi connectivity index (χ0v) is 8.21. The molecule has 74 valence electrons. The van der Waals surface area contributed by atoms with Crippen LogP contribution in [0.15, 0.2) is 6.07 Å². The van der Waals surface area contributed by atoms with Gasteiger partial charge in [-0.1, -0.05) is 13.8 Å². The fraction of sp³-hybridized carbons (Fsp3) is 0.400. The van der Waals surface area contributed by atoms with E-state index in [0.717, 1.165) is 6.07 Å². The monoisotopic (exact) mass is 190 g/mol. The van der Waals surface area contributed by atoms with Gasteiger partial charge in [0.15, 0.2) is 17.5 Å². The maximum atomic E-state index is 12.6. The van der Waals surface area contributed by atoms with Gasteiger partial charge in [-0.15, -0.1) is 0 Å². The number of aryl methyl sites for hydroxylation is 1. The van der Waals surface area contributed by atoms with Crippen molar-refractivity contribution in [3.63, 3.8) is 0 Å². The van der Waals surface area contributed by atoms with Gasteiger partial charge in [-0.05, 0) is 31.0 Å². The summed E-state index contributed by atoms with van der Waals surface area (Å²) >= 11 is 0. The van der Waals surface area contributed by atoms with Crippen molar-refractivity contribution in [2.45, 2.75) is 27.7 Å². The van der Waals surface area contributed by atoms with Crippen LogP contribution in [0.3, 0.4) is 0 Å². The maximum Gasteiger partial charge on any atom is 0.194 e. The van der Waals surface area contributed by atoms with Crippen LogP contribution in [0, 0.1) is 31.3 Å². The summed E-state index contributed by atoms with van der Waals surface area (Å²) in [7, 11) is 0. The van der Waals surface area contributed by atoms with E-state index in [1.54, 1.807) is 0 Å². The van der Waals surface area contributed by atoms with Crippen molar-refractivity contribution in [1.29, 1.82) is 0 Å². The molecule has 0 radical (unpaired) electrons. The van der Waals surface area contributed by atoms with Gasteiger partial charge in [0.05, 0.1) is 0 Å². The van der Waals surface area contributed by atoms with E-state index in [9.17, 15) is 13.2 Å². The van der Waals surface area contributed by atoms with Crippen molar-refractivity contribution in [3.8, 4) is 0 Å². The van der Waals surface area contributed by atoms with Crippen molar-refractivity contribution < 1.29 is 13.2 Å². The standard InChI is InChI=1S/C8H7F3.C2H6/c1-4-3-6(9)8(11)7(10)5(4)2;1-2/h3H,1-2H3;1-2H3. The Kier molecular flexibility index (Phi) is 4.52. The Labute approximate surface area is 76.4 Å². The zero-order valence-electron chi connectivity index (χ0n) is 8.21. The lowest BCUT2D eigenvalue weighted by molar-refractivity contribution is 0.442. The highest BCUT2D eigenvalue weighted by molar-refractivity contribution is 5.27. The fourth-order valence-corrected chi connectivity index (χ4v) is 0.804. The first kappa shape index (κ1) is 12.0. The van der Waals surface area contributed by atoms with E-state index in [4.69, 9.17) is 0 Å². The first-order valence-corrected chi connectivity index (χ1v) is 4.14. The molecule has 0 amide bonds. The predicted octanol–water partition coefficient (Wildman–Crippen LogP) is 3.75. The molecule has 0 bridgehead atoms. The minimum atomic E-state index is -1.40. The Hall–Kier alpha value is -0.990. The molecule has 1 aromatic carbocycles. The summed E-state index contributed by atoms with van der Waals surface area (Å²) in [6.45, 7) is 6.94. The molecule has 0 heterocycles. The van der Waals surface area contributed by atoms with Crippen LogP contribution in [-0.4, -0.2) is 0 Å². The molecule has 0 N–H and O–H groups in total. The lowest BCUT2D eigenvalue weighted by atomic mass is 10.1. The lowest BCUT2D eigenvalue weighted by Gasteiger charge is -2.02. The van der Waals surface area contributed by atoms with Crippen LogP contribution in [0.1, 0.15) is 25.0 Å². The first-order valence-electron chi connectivity index (χ1n) is 4.14. The third-order valence-electron chi connectivity index (χ3n) is 1.67. The molecule has 0 saturated carbocycles. The molecule has 0 aliphatic carbocycles. The highest BCUT2D eigenvalue weighted by atomic mass is 19.2. The average Bonchev–Trinajstić information content (AvgIpc) is 2.15. The summed E-state index contributed by atoms with van der Waals surface area (Å²) in [5, 5.41) is 0. The second-order valence-electron chi connectivity index (χ2n) is 2.43. The van der Waals surface area contributed by atoms with Gasteiger partial charge in [-0.3, -0.25) is 0 Å². The van der Waals surface area contributed by atoms with E-state index in [-0.39, 0.29) is 5.56 Å². The normalized spacial score (nSPS) is 9.15. The molecule has 0 aromatic heterocycles. The smallest absolute Gasteiger partial charge is 0.194 e. The van der Waals surface area contributed by atoms with Crippen LogP contribution in [0.5, 0.6) is 0 Å². The molecule has 1 rings (SSSR count). The topological polar surface area (TPSA) is 0 Å². The minimum Gasteiger partial charge on any atom is -0.204 e. The van der Waals surface area contributed by atoms with Gasteiger partial charge in [0, 0.05) is 0 Å². The summed E-state index contributed by atoms with van der Waals surface area (Å²) < 4.78 is 37.5. The molecule has 0 aliphatic rings. The van der Waals surface area contributed by atoms with Gasteiger partial charge in [0.1, 0.15) is 0 Å². The highest BCUT2D eigenvalue weighted by Crippen LogP contribution is 2.17. The Morgan fingerprint density at radius 2 is 1.38 bits per heavy atom. The first-order chi connectivity index (χ1) is 6.04. The molecule has 3 heteroatoms. The molecule has 0 aliphatic heterocycles. The summed E-state index contributed by atoms with van der Waals surface area (Å²) in [5.41, 5.74) is 0.574. The summed E-state index contributed by atoms with van der Waals surface area (Å²) in [4.78, 5) is 0. The van der Waals surface area contributed by atoms with Crippen LogP contribution in [-0.2, 0) is 0 Å². The Balaban J connectivity index is 0.000000671. The van der Waals surface area contributed by atoms with E-state index in [2.05, 4.69) is 0 Å². The van der Waals surface area contributed by atoms with Crippen LogP contribution < -0.4 is 0 Å².